The first-order chi connectivity index (χ1) is 13.9. The van der Waals surface area contributed by atoms with Gasteiger partial charge in [-0.05, 0) is 30.3 Å². The third kappa shape index (κ3) is 4.38. The quantitative estimate of drug-likeness (QED) is 0.526. The zero-order valence-electron chi connectivity index (χ0n) is 15.5. The fourth-order valence-electron chi connectivity index (χ4n) is 2.91. The number of carbonyl (C=O) groups excluding carboxylic acids is 4. The molecular weight excluding hydrogens is 398 g/mol. The molecule has 0 saturated carbocycles. The highest BCUT2D eigenvalue weighted by molar-refractivity contribution is 6.31. The van der Waals surface area contributed by atoms with E-state index in [1.54, 1.807) is 36.4 Å². The number of amides is 4. The summed E-state index contributed by atoms with van der Waals surface area (Å²) in [5, 5.41) is 5.60. The van der Waals surface area contributed by atoms with Gasteiger partial charge in [-0.3, -0.25) is 24.1 Å². The van der Waals surface area contributed by atoms with E-state index in [9.17, 15) is 19.2 Å². The topological polar surface area (TPSA) is 105 Å². The van der Waals surface area contributed by atoms with Crippen molar-refractivity contribution in [2.75, 3.05) is 26.7 Å². The zero-order chi connectivity index (χ0) is 21.0. The highest BCUT2D eigenvalue weighted by Crippen LogP contribution is 2.23. The number of rotatable bonds is 7. The molecule has 29 heavy (non-hydrogen) atoms. The van der Waals surface area contributed by atoms with Crippen LogP contribution in [-0.2, 0) is 4.79 Å². The molecule has 0 saturated heterocycles. The summed E-state index contributed by atoms with van der Waals surface area (Å²) in [4.78, 5) is 49.7. The second kappa shape index (κ2) is 8.74. The third-order valence-corrected chi connectivity index (χ3v) is 4.55. The van der Waals surface area contributed by atoms with Gasteiger partial charge >= 0.3 is 0 Å². The summed E-state index contributed by atoms with van der Waals surface area (Å²) in [7, 11) is 1.44. The van der Waals surface area contributed by atoms with Crippen LogP contribution in [0.1, 0.15) is 31.1 Å². The van der Waals surface area contributed by atoms with Crippen molar-refractivity contribution in [3.05, 3.63) is 64.2 Å². The molecule has 0 radical (unpaired) electrons. The van der Waals surface area contributed by atoms with E-state index >= 15 is 0 Å². The lowest BCUT2D eigenvalue weighted by atomic mass is 10.1. The molecule has 1 heterocycles. The first-order valence-corrected chi connectivity index (χ1v) is 9.14. The maximum absolute atomic E-state index is 12.3. The molecule has 4 amide bonds. The van der Waals surface area contributed by atoms with Crippen LogP contribution in [0.5, 0.6) is 5.75 Å². The Bertz CT molecular complexity index is 957. The van der Waals surface area contributed by atoms with Gasteiger partial charge in [0.2, 0.25) is 5.91 Å². The minimum absolute atomic E-state index is 0.122. The maximum Gasteiger partial charge on any atom is 0.262 e. The number of ether oxygens (including phenoxy) is 1. The molecule has 0 atom stereocenters. The van der Waals surface area contributed by atoms with Crippen LogP contribution in [-0.4, -0.2) is 55.3 Å². The molecule has 150 valence electrons. The minimum atomic E-state index is -0.505. The van der Waals surface area contributed by atoms with Gasteiger partial charge in [0, 0.05) is 18.1 Å². The number of halogens is 1. The van der Waals surface area contributed by atoms with Crippen LogP contribution in [0.25, 0.3) is 0 Å². The van der Waals surface area contributed by atoms with E-state index in [-0.39, 0.29) is 36.3 Å². The Morgan fingerprint density at radius 2 is 1.62 bits per heavy atom. The van der Waals surface area contributed by atoms with Gasteiger partial charge in [0.15, 0.2) is 0 Å². The fourth-order valence-corrected chi connectivity index (χ4v) is 3.09. The Kier molecular flexibility index (Phi) is 6.13. The molecule has 9 heteroatoms. The van der Waals surface area contributed by atoms with Gasteiger partial charge in [-0.25, -0.2) is 0 Å². The highest BCUT2D eigenvalue weighted by atomic mass is 35.5. The molecule has 1 aliphatic heterocycles. The predicted octanol–water partition coefficient (Wildman–Crippen LogP) is 1.49. The average Bonchev–Trinajstić information content (AvgIpc) is 2.96. The van der Waals surface area contributed by atoms with Crippen LogP contribution in [0.15, 0.2) is 42.5 Å². The summed E-state index contributed by atoms with van der Waals surface area (Å²) in [5.41, 5.74) is 0.846. The van der Waals surface area contributed by atoms with E-state index in [0.717, 1.165) is 4.90 Å². The normalized spacial score (nSPS) is 12.6. The Morgan fingerprint density at radius 3 is 2.24 bits per heavy atom. The van der Waals surface area contributed by atoms with Gasteiger partial charge in [-0.15, -0.1) is 0 Å². The van der Waals surface area contributed by atoms with Gasteiger partial charge in [0.25, 0.3) is 17.7 Å². The Balaban J connectivity index is 1.48. The van der Waals surface area contributed by atoms with Crippen molar-refractivity contribution in [2.24, 2.45) is 0 Å². The summed E-state index contributed by atoms with van der Waals surface area (Å²) in [6, 6.07) is 11.1. The molecular formula is C20H18ClN3O5. The molecule has 0 aliphatic carbocycles. The number of methoxy groups -OCH3 is 1. The summed E-state index contributed by atoms with van der Waals surface area (Å²) in [5.74, 6) is -1.53. The van der Waals surface area contributed by atoms with E-state index < -0.39 is 23.6 Å². The first-order valence-electron chi connectivity index (χ1n) is 8.76. The Morgan fingerprint density at radius 1 is 1.00 bits per heavy atom. The number of fused-ring (bicyclic) bond motifs is 1. The molecule has 0 aromatic heterocycles. The lowest BCUT2D eigenvalue weighted by Gasteiger charge is -2.14. The molecule has 0 bridgehead atoms. The molecule has 0 fully saturated rings. The van der Waals surface area contributed by atoms with Crippen molar-refractivity contribution in [2.45, 2.75) is 0 Å². The van der Waals surface area contributed by atoms with Gasteiger partial charge in [0.1, 0.15) is 12.3 Å². The number of nitrogens with zero attached hydrogens (tertiary/aromatic N) is 1. The van der Waals surface area contributed by atoms with Gasteiger partial charge in [0.05, 0.1) is 23.8 Å². The summed E-state index contributed by atoms with van der Waals surface area (Å²) in [6.07, 6.45) is 0. The third-order valence-electron chi connectivity index (χ3n) is 4.32. The monoisotopic (exact) mass is 415 g/mol. The van der Waals surface area contributed by atoms with Crippen LogP contribution in [0, 0.1) is 0 Å². The van der Waals surface area contributed by atoms with Crippen LogP contribution in [0.2, 0.25) is 5.02 Å². The van der Waals surface area contributed by atoms with E-state index in [0.29, 0.717) is 10.8 Å². The molecule has 3 rings (SSSR count). The highest BCUT2D eigenvalue weighted by Gasteiger charge is 2.36. The standard InChI is InChI=1S/C20H18ClN3O5/c1-29-16-7-6-12(21)10-15(16)18(26)23-9-8-22-17(25)11-24-19(27)13-4-2-3-5-14(13)20(24)28/h2-7,10H,8-9,11H2,1H3,(H,22,25)(H,23,26). The molecule has 0 unspecified atom stereocenters. The predicted molar refractivity (Wildman–Crippen MR) is 105 cm³/mol. The summed E-state index contributed by atoms with van der Waals surface area (Å²) < 4.78 is 5.13. The van der Waals surface area contributed by atoms with Crippen LogP contribution in [0.3, 0.4) is 0 Å². The van der Waals surface area contributed by atoms with Gasteiger partial charge in [-0.1, -0.05) is 23.7 Å². The number of nitrogens with one attached hydrogen (secondary N) is 2. The van der Waals surface area contributed by atoms with Crippen molar-refractivity contribution >= 4 is 35.2 Å². The molecule has 1 aliphatic rings. The van der Waals surface area contributed by atoms with Crippen molar-refractivity contribution in [3.8, 4) is 5.75 Å². The maximum atomic E-state index is 12.3. The van der Waals surface area contributed by atoms with E-state index in [1.165, 1.54) is 13.2 Å². The van der Waals surface area contributed by atoms with E-state index in [4.69, 9.17) is 16.3 Å². The SMILES string of the molecule is COc1ccc(Cl)cc1C(=O)NCCNC(=O)CN1C(=O)c2ccccc2C1=O. The van der Waals surface area contributed by atoms with Crippen molar-refractivity contribution < 1.29 is 23.9 Å². The first kappa shape index (κ1) is 20.3. The summed E-state index contributed by atoms with van der Waals surface area (Å²) >= 11 is 5.91. The fraction of sp³-hybridized carbons (Fsp3) is 0.200. The van der Waals surface area contributed by atoms with E-state index in [2.05, 4.69) is 10.6 Å². The number of imide groups is 1. The smallest absolute Gasteiger partial charge is 0.262 e. The molecule has 2 aromatic carbocycles. The average molecular weight is 416 g/mol. The van der Waals surface area contributed by atoms with Crippen LogP contribution >= 0.6 is 11.6 Å². The number of benzene rings is 2. The number of carbonyl (C=O) groups is 4. The zero-order valence-corrected chi connectivity index (χ0v) is 16.3. The molecule has 2 aromatic rings. The lowest BCUT2D eigenvalue weighted by Crippen LogP contribution is -2.42. The summed E-state index contributed by atoms with van der Waals surface area (Å²) in [6.45, 7) is -0.124. The van der Waals surface area contributed by atoms with Crippen molar-refractivity contribution in [3.63, 3.8) is 0 Å². The van der Waals surface area contributed by atoms with Crippen LogP contribution in [0.4, 0.5) is 0 Å². The molecule has 0 spiro atoms. The second-order valence-corrected chi connectivity index (χ2v) is 6.63. The van der Waals surface area contributed by atoms with Crippen molar-refractivity contribution in [1.29, 1.82) is 0 Å². The van der Waals surface area contributed by atoms with Gasteiger partial charge < -0.3 is 15.4 Å². The minimum Gasteiger partial charge on any atom is -0.496 e. The largest absolute Gasteiger partial charge is 0.496 e. The number of hydrogen-bond donors (Lipinski definition) is 2. The van der Waals surface area contributed by atoms with Gasteiger partial charge in [-0.2, -0.15) is 0 Å². The molecule has 2 N–H and O–H groups in total. The Hall–Kier alpha value is -3.39. The van der Waals surface area contributed by atoms with Crippen molar-refractivity contribution in [1.82, 2.24) is 15.5 Å². The number of hydrogen-bond acceptors (Lipinski definition) is 5. The van der Waals surface area contributed by atoms with Crippen LogP contribution < -0.4 is 15.4 Å². The second-order valence-electron chi connectivity index (χ2n) is 6.19. The van der Waals surface area contributed by atoms with E-state index in [1.807, 2.05) is 0 Å². The Labute approximate surface area is 171 Å². The molecule has 8 nitrogen and oxygen atoms in total. The lowest BCUT2D eigenvalue weighted by molar-refractivity contribution is -0.121.